The molecule has 2 aromatic heterocycles. The number of hydrogen-bond donors (Lipinski definition) is 1. The molecule has 198 valence electrons. The minimum absolute atomic E-state index is 0.124. The van der Waals surface area contributed by atoms with Crippen molar-refractivity contribution in [1.29, 1.82) is 0 Å². The van der Waals surface area contributed by atoms with Crippen molar-refractivity contribution in [2.75, 3.05) is 38.5 Å². The third-order valence-electron chi connectivity index (χ3n) is 7.63. The Morgan fingerprint density at radius 2 is 1.66 bits per heavy atom. The quantitative estimate of drug-likeness (QED) is 0.552. The van der Waals surface area contributed by atoms with Crippen LogP contribution in [-0.4, -0.2) is 74.3 Å². The van der Waals surface area contributed by atoms with E-state index in [0.717, 1.165) is 44.3 Å². The van der Waals surface area contributed by atoms with E-state index >= 15 is 0 Å². The summed E-state index contributed by atoms with van der Waals surface area (Å²) in [5.41, 5.74) is 7.49. The Morgan fingerprint density at radius 3 is 2.45 bits per heavy atom. The second kappa shape index (κ2) is 11.5. The average Bonchev–Trinajstić information content (AvgIpc) is 2.95. The lowest BCUT2D eigenvalue weighted by Crippen LogP contribution is -2.50. The van der Waals surface area contributed by atoms with Crippen LogP contribution in [0, 0.1) is 5.41 Å². The van der Waals surface area contributed by atoms with Gasteiger partial charge in [-0.2, -0.15) is 0 Å². The summed E-state index contributed by atoms with van der Waals surface area (Å²) < 4.78 is 6.15. The molecule has 1 spiro atoms. The van der Waals surface area contributed by atoms with Crippen LogP contribution in [0.3, 0.4) is 0 Å². The molecule has 1 fully saturated rings. The van der Waals surface area contributed by atoms with Gasteiger partial charge in [0.05, 0.1) is 12.7 Å². The van der Waals surface area contributed by atoms with Crippen molar-refractivity contribution in [3.05, 3.63) is 72.2 Å². The minimum Gasteiger partial charge on any atom is -0.491 e. The molecule has 0 unspecified atom stereocenters. The fraction of sp³-hybridized carbons (Fsp3) is 0.429. The normalized spacial score (nSPS) is 18.0. The summed E-state index contributed by atoms with van der Waals surface area (Å²) in [6.45, 7) is 2.53. The number of nitrogen functional groups attached to an aromatic ring is 1. The molecular formula is C28H33N7O3. The van der Waals surface area contributed by atoms with Crippen molar-refractivity contribution in [1.82, 2.24) is 29.7 Å². The molecular weight excluding hydrogens is 482 g/mol. The number of likely N-dealkylation sites (tertiary alicyclic amines) is 1. The van der Waals surface area contributed by atoms with Gasteiger partial charge in [0, 0.05) is 44.4 Å². The van der Waals surface area contributed by atoms with Crippen LogP contribution in [0.2, 0.25) is 0 Å². The number of para-hydroxylation sites is 1. The maximum absolute atomic E-state index is 13.6. The summed E-state index contributed by atoms with van der Waals surface area (Å²) in [5, 5.41) is 0. The number of ether oxygens (including phenoxy) is 1. The number of carbonyl (C=O) groups excluding carboxylic acids is 2. The molecule has 0 bridgehead atoms. The van der Waals surface area contributed by atoms with Gasteiger partial charge in [-0.05, 0) is 49.1 Å². The monoisotopic (exact) mass is 515 g/mol. The second-order valence-electron chi connectivity index (χ2n) is 10.1. The van der Waals surface area contributed by atoms with Crippen molar-refractivity contribution in [2.24, 2.45) is 5.41 Å². The van der Waals surface area contributed by atoms with Crippen molar-refractivity contribution in [3.8, 4) is 5.75 Å². The van der Waals surface area contributed by atoms with Crippen LogP contribution in [0.4, 0.5) is 5.82 Å². The van der Waals surface area contributed by atoms with E-state index in [-0.39, 0.29) is 28.7 Å². The Bertz CT molecular complexity index is 1260. The molecule has 2 aliphatic rings. The zero-order chi connectivity index (χ0) is 26.4. The Morgan fingerprint density at radius 1 is 0.868 bits per heavy atom. The molecule has 4 heterocycles. The van der Waals surface area contributed by atoms with Gasteiger partial charge in [-0.3, -0.25) is 14.6 Å². The van der Waals surface area contributed by atoms with Gasteiger partial charge >= 0.3 is 0 Å². The fourth-order valence-electron chi connectivity index (χ4n) is 5.50. The molecule has 10 heteroatoms. The van der Waals surface area contributed by atoms with Crippen LogP contribution in [0.25, 0.3) is 0 Å². The maximum atomic E-state index is 13.6. The SMILES string of the molecule is Nc1nccnc1C(=O)N1CCC2(CCCCc3ccccc3OCCN(C(=O)c3cnccn3)C2)CC1. The van der Waals surface area contributed by atoms with Crippen LogP contribution < -0.4 is 10.5 Å². The number of nitrogens with two attached hydrogens (primary N) is 1. The van der Waals surface area contributed by atoms with Gasteiger partial charge in [-0.15, -0.1) is 0 Å². The van der Waals surface area contributed by atoms with Crippen LogP contribution in [-0.2, 0) is 6.42 Å². The highest BCUT2D eigenvalue weighted by molar-refractivity contribution is 5.96. The molecule has 0 aliphatic carbocycles. The predicted octanol–water partition coefficient (Wildman–Crippen LogP) is 3.02. The third-order valence-corrected chi connectivity index (χ3v) is 7.63. The van der Waals surface area contributed by atoms with Gasteiger partial charge in [0.1, 0.15) is 18.1 Å². The zero-order valence-electron chi connectivity index (χ0n) is 21.5. The van der Waals surface area contributed by atoms with E-state index in [1.54, 1.807) is 11.1 Å². The van der Waals surface area contributed by atoms with Crippen LogP contribution in [0.1, 0.15) is 58.6 Å². The van der Waals surface area contributed by atoms with E-state index in [9.17, 15) is 9.59 Å². The number of piperidine rings is 1. The first-order valence-corrected chi connectivity index (χ1v) is 13.2. The van der Waals surface area contributed by atoms with E-state index in [2.05, 4.69) is 26.0 Å². The van der Waals surface area contributed by atoms with Crippen molar-refractivity contribution in [3.63, 3.8) is 0 Å². The van der Waals surface area contributed by atoms with E-state index in [1.807, 2.05) is 23.1 Å². The van der Waals surface area contributed by atoms with E-state index in [0.29, 0.717) is 38.5 Å². The molecule has 1 aromatic carbocycles. The largest absolute Gasteiger partial charge is 0.491 e. The smallest absolute Gasteiger partial charge is 0.276 e. The minimum atomic E-state index is -0.198. The topological polar surface area (TPSA) is 127 Å². The zero-order valence-corrected chi connectivity index (χ0v) is 21.5. The number of hydrogen-bond acceptors (Lipinski definition) is 8. The number of carbonyl (C=O) groups is 2. The lowest BCUT2D eigenvalue weighted by Gasteiger charge is -2.44. The lowest BCUT2D eigenvalue weighted by molar-refractivity contribution is 0.0323. The number of nitrogens with zero attached hydrogens (tertiary/aromatic N) is 6. The first kappa shape index (κ1) is 25.6. The van der Waals surface area contributed by atoms with Gasteiger partial charge in [-0.25, -0.2) is 15.0 Å². The van der Waals surface area contributed by atoms with Crippen molar-refractivity contribution >= 4 is 17.6 Å². The first-order chi connectivity index (χ1) is 18.5. The molecule has 2 N–H and O–H groups in total. The molecule has 2 amide bonds. The number of anilines is 1. The standard InChI is InChI=1S/C28H33N7O3/c29-25-24(32-13-14-33-25)27(37)34-15-9-28(10-16-34)8-4-3-6-21-5-1-2-7-23(21)38-18-17-35(20-28)26(36)22-19-30-11-12-31-22/h1-2,5,7,11-14,19H,3-4,6,8-10,15-18,20H2,(H2,29,33). The fourth-order valence-corrected chi connectivity index (χ4v) is 5.50. The van der Waals surface area contributed by atoms with Gasteiger partial charge in [0.2, 0.25) is 0 Å². The van der Waals surface area contributed by atoms with E-state index in [4.69, 9.17) is 10.5 Å². The van der Waals surface area contributed by atoms with Crippen molar-refractivity contribution < 1.29 is 14.3 Å². The van der Waals surface area contributed by atoms with Gasteiger partial charge in [0.15, 0.2) is 11.5 Å². The molecule has 0 radical (unpaired) electrons. The van der Waals surface area contributed by atoms with Gasteiger partial charge in [0.25, 0.3) is 11.8 Å². The van der Waals surface area contributed by atoms with Gasteiger partial charge in [-0.1, -0.05) is 24.6 Å². The number of aromatic nitrogens is 4. The Labute approximate surface area is 222 Å². The summed E-state index contributed by atoms with van der Waals surface area (Å²) in [7, 11) is 0. The average molecular weight is 516 g/mol. The highest BCUT2D eigenvalue weighted by Crippen LogP contribution is 2.39. The summed E-state index contributed by atoms with van der Waals surface area (Å²) in [4.78, 5) is 46.9. The van der Waals surface area contributed by atoms with E-state index in [1.165, 1.54) is 30.4 Å². The number of rotatable bonds is 2. The Kier molecular flexibility index (Phi) is 7.76. The van der Waals surface area contributed by atoms with Crippen molar-refractivity contribution in [2.45, 2.75) is 38.5 Å². The number of aryl methyl sites for hydroxylation is 1. The molecule has 0 saturated carbocycles. The van der Waals surface area contributed by atoms with Crippen LogP contribution in [0.5, 0.6) is 5.75 Å². The number of fused-ring (bicyclic) bond motifs is 1. The number of amides is 2. The van der Waals surface area contributed by atoms with E-state index < -0.39 is 0 Å². The molecule has 10 nitrogen and oxygen atoms in total. The Hall–Kier alpha value is -4.08. The molecule has 2 aliphatic heterocycles. The first-order valence-electron chi connectivity index (χ1n) is 13.2. The lowest BCUT2D eigenvalue weighted by atomic mass is 9.73. The summed E-state index contributed by atoms with van der Waals surface area (Å²) in [5.74, 6) is 0.669. The molecule has 38 heavy (non-hydrogen) atoms. The summed E-state index contributed by atoms with van der Waals surface area (Å²) in [6.07, 6.45) is 13.1. The van der Waals surface area contributed by atoms with Crippen LogP contribution >= 0.6 is 0 Å². The second-order valence-corrected chi connectivity index (χ2v) is 10.1. The van der Waals surface area contributed by atoms with Gasteiger partial charge < -0.3 is 20.3 Å². The molecule has 5 rings (SSSR count). The molecule has 3 aromatic rings. The Balaban J connectivity index is 1.37. The third kappa shape index (κ3) is 5.74. The predicted molar refractivity (Wildman–Crippen MR) is 141 cm³/mol. The molecule has 1 saturated heterocycles. The summed E-state index contributed by atoms with van der Waals surface area (Å²) >= 11 is 0. The highest BCUT2D eigenvalue weighted by atomic mass is 16.5. The maximum Gasteiger partial charge on any atom is 0.276 e. The number of benzene rings is 1. The highest BCUT2D eigenvalue weighted by Gasteiger charge is 2.39. The molecule has 0 atom stereocenters. The van der Waals surface area contributed by atoms with Crippen LogP contribution in [0.15, 0.2) is 55.2 Å². The summed E-state index contributed by atoms with van der Waals surface area (Å²) in [6, 6.07) is 8.12.